The predicted molar refractivity (Wildman–Crippen MR) is 104 cm³/mol. The van der Waals surface area contributed by atoms with Gasteiger partial charge in [-0.1, -0.05) is 30.7 Å². The van der Waals surface area contributed by atoms with E-state index in [2.05, 4.69) is 10.6 Å². The molecule has 0 spiro atoms. The van der Waals surface area contributed by atoms with Crippen LogP contribution in [0.3, 0.4) is 0 Å². The van der Waals surface area contributed by atoms with Crippen molar-refractivity contribution in [3.8, 4) is 0 Å². The maximum atomic E-state index is 13.4. The van der Waals surface area contributed by atoms with Gasteiger partial charge in [-0.05, 0) is 36.8 Å². The average molecular weight is 391 g/mol. The lowest BCUT2D eigenvalue weighted by Gasteiger charge is -2.10. The van der Waals surface area contributed by atoms with E-state index in [1.165, 1.54) is 12.1 Å². The Balaban J connectivity index is 1.89. The van der Waals surface area contributed by atoms with Crippen LogP contribution in [-0.4, -0.2) is 18.4 Å². The van der Waals surface area contributed by atoms with Crippen molar-refractivity contribution in [2.75, 3.05) is 11.9 Å². The molecule has 0 aliphatic rings. The molecular formula is C19H16ClFN2O2S. The number of hydrogen-bond donors (Lipinski definition) is 2. The fraction of sp³-hybridized carbons (Fsp3) is 0.158. The molecule has 0 radical (unpaired) electrons. The molecule has 26 heavy (non-hydrogen) atoms. The summed E-state index contributed by atoms with van der Waals surface area (Å²) in [7, 11) is 0. The zero-order chi connectivity index (χ0) is 18.7. The standard InChI is InChI=1S/C19H16ClFN2O2S/c1-2-9-22-18(24)12-5-3-4-6-14(12)23-19(25)17-16(20)13-8-7-11(21)10-15(13)26-17/h3-8,10H,2,9H2,1H3,(H,22,24)(H,23,25). The second kappa shape index (κ2) is 7.85. The van der Waals surface area contributed by atoms with Crippen LogP contribution >= 0.6 is 22.9 Å². The van der Waals surface area contributed by atoms with E-state index in [-0.39, 0.29) is 21.6 Å². The van der Waals surface area contributed by atoms with Gasteiger partial charge >= 0.3 is 0 Å². The van der Waals surface area contributed by atoms with Gasteiger partial charge in [0.2, 0.25) is 0 Å². The van der Waals surface area contributed by atoms with Crippen molar-refractivity contribution < 1.29 is 14.0 Å². The molecule has 0 saturated carbocycles. The number of halogens is 2. The van der Waals surface area contributed by atoms with Crippen LogP contribution in [0.2, 0.25) is 5.02 Å². The molecule has 0 aliphatic heterocycles. The first-order chi connectivity index (χ1) is 12.5. The van der Waals surface area contributed by atoms with E-state index in [4.69, 9.17) is 11.6 Å². The SMILES string of the molecule is CCCNC(=O)c1ccccc1NC(=O)c1sc2cc(F)ccc2c1Cl. The maximum absolute atomic E-state index is 13.4. The lowest BCUT2D eigenvalue weighted by molar-refractivity contribution is 0.0954. The molecule has 0 aliphatic carbocycles. The highest BCUT2D eigenvalue weighted by Gasteiger charge is 2.19. The Hall–Kier alpha value is -2.44. The van der Waals surface area contributed by atoms with Crippen LogP contribution in [0, 0.1) is 5.82 Å². The summed E-state index contributed by atoms with van der Waals surface area (Å²) in [5.41, 5.74) is 0.767. The third-order valence-corrected chi connectivity index (χ3v) is 5.41. The molecule has 3 rings (SSSR count). The normalized spacial score (nSPS) is 10.7. The minimum atomic E-state index is -0.438. The second-order valence-electron chi connectivity index (χ2n) is 5.64. The molecule has 0 atom stereocenters. The molecule has 7 heteroatoms. The monoisotopic (exact) mass is 390 g/mol. The third kappa shape index (κ3) is 3.71. The Bertz CT molecular complexity index is 987. The Morgan fingerprint density at radius 2 is 1.92 bits per heavy atom. The lowest BCUT2D eigenvalue weighted by Crippen LogP contribution is -2.25. The molecule has 0 fully saturated rings. The number of carbonyl (C=O) groups excluding carboxylic acids is 2. The third-order valence-electron chi connectivity index (χ3n) is 3.75. The number of hydrogen-bond acceptors (Lipinski definition) is 3. The van der Waals surface area contributed by atoms with E-state index in [1.54, 1.807) is 30.3 Å². The van der Waals surface area contributed by atoms with Crippen molar-refractivity contribution in [1.29, 1.82) is 0 Å². The van der Waals surface area contributed by atoms with Gasteiger partial charge in [0.1, 0.15) is 10.7 Å². The highest BCUT2D eigenvalue weighted by Crippen LogP contribution is 2.36. The minimum Gasteiger partial charge on any atom is -0.352 e. The van der Waals surface area contributed by atoms with Gasteiger partial charge in [-0.15, -0.1) is 11.3 Å². The Labute approximate surface area is 159 Å². The van der Waals surface area contributed by atoms with Gasteiger partial charge in [-0.25, -0.2) is 4.39 Å². The van der Waals surface area contributed by atoms with E-state index in [1.807, 2.05) is 6.92 Å². The van der Waals surface area contributed by atoms with Crippen molar-refractivity contribution in [2.45, 2.75) is 13.3 Å². The highest BCUT2D eigenvalue weighted by atomic mass is 35.5. The van der Waals surface area contributed by atoms with Crippen molar-refractivity contribution in [1.82, 2.24) is 5.32 Å². The number of para-hydroxylation sites is 1. The van der Waals surface area contributed by atoms with Crippen molar-refractivity contribution in [2.24, 2.45) is 0 Å². The number of rotatable bonds is 5. The van der Waals surface area contributed by atoms with Gasteiger partial charge in [0.05, 0.1) is 16.3 Å². The molecule has 2 amide bonds. The van der Waals surface area contributed by atoms with Crippen LogP contribution in [-0.2, 0) is 0 Å². The van der Waals surface area contributed by atoms with Gasteiger partial charge in [0.15, 0.2) is 0 Å². The van der Waals surface area contributed by atoms with Gasteiger partial charge in [0, 0.05) is 16.6 Å². The molecule has 0 unspecified atom stereocenters. The number of amides is 2. The summed E-state index contributed by atoms with van der Waals surface area (Å²) >= 11 is 7.40. The summed E-state index contributed by atoms with van der Waals surface area (Å²) in [6.07, 6.45) is 0.814. The first-order valence-corrected chi connectivity index (χ1v) is 9.26. The molecule has 2 N–H and O–H groups in total. The summed E-state index contributed by atoms with van der Waals surface area (Å²) in [4.78, 5) is 25.2. The largest absolute Gasteiger partial charge is 0.352 e. The maximum Gasteiger partial charge on any atom is 0.267 e. The van der Waals surface area contributed by atoms with Gasteiger partial charge in [-0.2, -0.15) is 0 Å². The first kappa shape index (κ1) is 18.4. The second-order valence-corrected chi connectivity index (χ2v) is 7.07. The molecule has 134 valence electrons. The summed E-state index contributed by atoms with van der Waals surface area (Å²) in [6, 6.07) is 10.9. The van der Waals surface area contributed by atoms with E-state index in [0.717, 1.165) is 17.8 Å². The average Bonchev–Trinajstić information content (AvgIpc) is 2.96. The Kier molecular flexibility index (Phi) is 5.54. The zero-order valence-electron chi connectivity index (χ0n) is 13.9. The van der Waals surface area contributed by atoms with E-state index in [9.17, 15) is 14.0 Å². The van der Waals surface area contributed by atoms with Crippen molar-refractivity contribution >= 4 is 50.5 Å². The van der Waals surface area contributed by atoms with Crippen LogP contribution in [0.25, 0.3) is 10.1 Å². The van der Waals surface area contributed by atoms with E-state index >= 15 is 0 Å². The highest BCUT2D eigenvalue weighted by molar-refractivity contribution is 7.21. The molecule has 1 aromatic heterocycles. The molecule has 0 saturated heterocycles. The molecule has 1 heterocycles. The van der Waals surface area contributed by atoms with Gasteiger partial charge in [0.25, 0.3) is 11.8 Å². The van der Waals surface area contributed by atoms with E-state index < -0.39 is 5.91 Å². The van der Waals surface area contributed by atoms with Crippen LogP contribution in [0.1, 0.15) is 33.4 Å². The van der Waals surface area contributed by atoms with Gasteiger partial charge < -0.3 is 10.6 Å². The van der Waals surface area contributed by atoms with Crippen molar-refractivity contribution in [3.05, 3.63) is 63.7 Å². The minimum absolute atomic E-state index is 0.257. The predicted octanol–water partition coefficient (Wildman–Crippen LogP) is 5.09. The summed E-state index contributed by atoms with van der Waals surface area (Å²) in [5.74, 6) is -1.08. The number of carbonyl (C=O) groups is 2. The van der Waals surface area contributed by atoms with Crippen LogP contribution in [0.15, 0.2) is 42.5 Å². The van der Waals surface area contributed by atoms with Crippen LogP contribution in [0.4, 0.5) is 10.1 Å². The molecule has 0 bridgehead atoms. The molecule has 3 aromatic rings. The quantitative estimate of drug-likeness (QED) is 0.637. The Morgan fingerprint density at radius 3 is 2.69 bits per heavy atom. The fourth-order valence-electron chi connectivity index (χ4n) is 2.49. The van der Waals surface area contributed by atoms with Crippen LogP contribution < -0.4 is 10.6 Å². The lowest BCUT2D eigenvalue weighted by atomic mass is 10.1. The molecule has 2 aromatic carbocycles. The molecule has 4 nitrogen and oxygen atoms in total. The van der Waals surface area contributed by atoms with Crippen LogP contribution in [0.5, 0.6) is 0 Å². The number of nitrogens with one attached hydrogen (secondary N) is 2. The summed E-state index contributed by atoms with van der Waals surface area (Å²) in [6.45, 7) is 2.51. The number of thiophene rings is 1. The summed E-state index contributed by atoms with van der Waals surface area (Å²) < 4.78 is 14.0. The summed E-state index contributed by atoms with van der Waals surface area (Å²) in [5, 5.41) is 6.41. The first-order valence-electron chi connectivity index (χ1n) is 8.07. The smallest absolute Gasteiger partial charge is 0.267 e. The zero-order valence-corrected chi connectivity index (χ0v) is 15.5. The number of benzene rings is 2. The Morgan fingerprint density at radius 1 is 1.15 bits per heavy atom. The number of fused-ring (bicyclic) bond motifs is 1. The number of anilines is 1. The van der Waals surface area contributed by atoms with Crippen molar-refractivity contribution in [3.63, 3.8) is 0 Å². The topological polar surface area (TPSA) is 58.2 Å². The van der Waals surface area contributed by atoms with Gasteiger partial charge in [-0.3, -0.25) is 9.59 Å². The van der Waals surface area contributed by atoms with E-state index in [0.29, 0.717) is 27.9 Å². The molecular weight excluding hydrogens is 375 g/mol. The fourth-order valence-corrected chi connectivity index (χ4v) is 3.93.